The molecule has 0 bridgehead atoms. The first-order chi connectivity index (χ1) is 10.4. The van der Waals surface area contributed by atoms with E-state index in [0.29, 0.717) is 30.0 Å². The topological polar surface area (TPSA) is 68.0 Å². The number of rotatable bonds is 6. The number of hydrogen-bond acceptors (Lipinski definition) is 4. The zero-order chi connectivity index (χ0) is 16.1. The van der Waals surface area contributed by atoms with Crippen molar-refractivity contribution in [3.05, 3.63) is 46.5 Å². The lowest BCUT2D eigenvalue weighted by molar-refractivity contribution is -0.116. The van der Waals surface area contributed by atoms with Crippen LogP contribution in [0.25, 0.3) is 0 Å². The molecule has 4 nitrogen and oxygen atoms in total. The van der Waals surface area contributed by atoms with Crippen LogP contribution in [0.15, 0.2) is 24.4 Å². The van der Waals surface area contributed by atoms with Crippen molar-refractivity contribution >= 4 is 22.4 Å². The number of anilines is 1. The lowest BCUT2D eigenvalue weighted by atomic mass is 10.1. The first kappa shape index (κ1) is 16.5. The summed E-state index contributed by atoms with van der Waals surface area (Å²) in [5.41, 5.74) is 5.98. The second-order valence-corrected chi connectivity index (χ2v) is 6.22. The van der Waals surface area contributed by atoms with Crippen LogP contribution in [0.3, 0.4) is 0 Å². The molecule has 0 radical (unpaired) electrons. The van der Waals surface area contributed by atoms with E-state index in [0.717, 1.165) is 10.9 Å². The molecule has 118 valence electrons. The molecular weight excluding hydrogens is 308 g/mol. The van der Waals surface area contributed by atoms with Crippen LogP contribution in [0.2, 0.25) is 0 Å². The van der Waals surface area contributed by atoms with Crippen LogP contribution in [-0.4, -0.2) is 16.9 Å². The smallest absolute Gasteiger partial charge is 0.226 e. The van der Waals surface area contributed by atoms with Gasteiger partial charge in [-0.3, -0.25) is 4.79 Å². The number of carbonyl (C=O) groups is 1. The zero-order valence-electron chi connectivity index (χ0n) is 12.1. The van der Waals surface area contributed by atoms with E-state index in [-0.39, 0.29) is 11.9 Å². The standard InChI is InChI=1S/C15H17F2N3OS/c1-9(18)2-5-14(21)20-15-19-8-12(22-15)6-10-3-4-11(16)7-13(10)17/h3-4,7-9H,2,5-6,18H2,1H3,(H,19,20,21). The van der Waals surface area contributed by atoms with Crippen molar-refractivity contribution in [2.45, 2.75) is 32.2 Å². The summed E-state index contributed by atoms with van der Waals surface area (Å²) in [5.74, 6) is -1.34. The summed E-state index contributed by atoms with van der Waals surface area (Å²) in [6.07, 6.45) is 2.82. The van der Waals surface area contributed by atoms with Gasteiger partial charge < -0.3 is 11.1 Å². The van der Waals surface area contributed by atoms with Gasteiger partial charge in [-0.1, -0.05) is 6.07 Å². The van der Waals surface area contributed by atoms with E-state index in [9.17, 15) is 13.6 Å². The maximum absolute atomic E-state index is 13.6. The average Bonchev–Trinajstić information content (AvgIpc) is 2.87. The number of halogens is 2. The molecule has 2 aromatic rings. The number of amides is 1. The summed E-state index contributed by atoms with van der Waals surface area (Å²) >= 11 is 1.27. The van der Waals surface area contributed by atoms with Gasteiger partial charge in [0, 0.05) is 36.0 Å². The molecule has 3 N–H and O–H groups in total. The number of aromatic nitrogens is 1. The molecule has 1 unspecified atom stereocenters. The highest BCUT2D eigenvalue weighted by molar-refractivity contribution is 7.15. The minimum Gasteiger partial charge on any atom is -0.328 e. The Hall–Kier alpha value is -1.86. The molecule has 1 amide bonds. The Morgan fingerprint density at radius 2 is 2.23 bits per heavy atom. The Labute approximate surface area is 131 Å². The molecule has 0 aliphatic heterocycles. The largest absolute Gasteiger partial charge is 0.328 e. The van der Waals surface area contributed by atoms with Crippen molar-refractivity contribution in [3.8, 4) is 0 Å². The fraction of sp³-hybridized carbons (Fsp3) is 0.333. The van der Waals surface area contributed by atoms with Crippen molar-refractivity contribution in [2.75, 3.05) is 5.32 Å². The van der Waals surface area contributed by atoms with Gasteiger partial charge in [-0.05, 0) is 25.0 Å². The highest BCUT2D eigenvalue weighted by Crippen LogP contribution is 2.23. The Kier molecular flexibility index (Phi) is 5.57. The predicted molar refractivity (Wildman–Crippen MR) is 82.8 cm³/mol. The van der Waals surface area contributed by atoms with E-state index >= 15 is 0 Å². The van der Waals surface area contributed by atoms with Crippen molar-refractivity contribution in [3.63, 3.8) is 0 Å². The molecule has 7 heteroatoms. The van der Waals surface area contributed by atoms with Crippen molar-refractivity contribution < 1.29 is 13.6 Å². The number of hydrogen-bond donors (Lipinski definition) is 2. The van der Waals surface area contributed by atoms with E-state index in [1.807, 2.05) is 6.92 Å². The lowest BCUT2D eigenvalue weighted by Crippen LogP contribution is -2.19. The molecule has 1 atom stereocenters. The number of benzene rings is 1. The van der Waals surface area contributed by atoms with Gasteiger partial charge >= 0.3 is 0 Å². The third-order valence-corrected chi connectivity index (χ3v) is 3.92. The van der Waals surface area contributed by atoms with E-state index in [4.69, 9.17) is 5.73 Å². The number of nitrogens with one attached hydrogen (secondary N) is 1. The molecule has 22 heavy (non-hydrogen) atoms. The summed E-state index contributed by atoms with van der Waals surface area (Å²) < 4.78 is 26.4. The molecule has 1 heterocycles. The molecule has 0 aliphatic carbocycles. The fourth-order valence-electron chi connectivity index (χ4n) is 1.84. The van der Waals surface area contributed by atoms with Crippen molar-refractivity contribution in [2.24, 2.45) is 5.73 Å². The molecule has 0 saturated heterocycles. The Morgan fingerprint density at radius 3 is 2.91 bits per heavy atom. The minimum atomic E-state index is -0.604. The predicted octanol–water partition coefficient (Wildman–Crippen LogP) is 3.08. The lowest BCUT2D eigenvalue weighted by Gasteiger charge is -2.04. The van der Waals surface area contributed by atoms with Crippen LogP contribution in [0.1, 0.15) is 30.2 Å². The Balaban J connectivity index is 1.95. The van der Waals surface area contributed by atoms with E-state index in [1.165, 1.54) is 23.5 Å². The Bertz CT molecular complexity index is 658. The van der Waals surface area contributed by atoms with Gasteiger partial charge in [0.15, 0.2) is 5.13 Å². The number of nitrogens with zero attached hydrogens (tertiary/aromatic N) is 1. The second kappa shape index (κ2) is 7.42. The molecular formula is C15H17F2N3OS. The molecule has 0 aliphatic rings. The van der Waals surface area contributed by atoms with Crippen LogP contribution in [0.5, 0.6) is 0 Å². The molecule has 2 rings (SSSR count). The third kappa shape index (κ3) is 4.85. The molecule has 1 aromatic heterocycles. The van der Waals surface area contributed by atoms with Gasteiger partial charge in [0.05, 0.1) is 0 Å². The van der Waals surface area contributed by atoms with Gasteiger partial charge in [0.1, 0.15) is 11.6 Å². The second-order valence-electron chi connectivity index (χ2n) is 5.11. The molecule has 0 fully saturated rings. The van der Waals surface area contributed by atoms with Crippen molar-refractivity contribution in [1.82, 2.24) is 4.98 Å². The summed E-state index contributed by atoms with van der Waals surface area (Å²) in [4.78, 5) is 16.5. The van der Waals surface area contributed by atoms with Gasteiger partial charge in [-0.2, -0.15) is 0 Å². The fourth-order valence-corrected chi connectivity index (χ4v) is 2.69. The third-order valence-electron chi connectivity index (χ3n) is 3.01. The monoisotopic (exact) mass is 325 g/mol. The van der Waals surface area contributed by atoms with Crippen LogP contribution in [0.4, 0.5) is 13.9 Å². The zero-order valence-corrected chi connectivity index (χ0v) is 12.9. The number of thiazole rings is 1. The maximum Gasteiger partial charge on any atom is 0.226 e. The van der Waals surface area contributed by atoms with Crippen LogP contribution in [-0.2, 0) is 11.2 Å². The van der Waals surface area contributed by atoms with Gasteiger partial charge in [-0.15, -0.1) is 11.3 Å². The van der Waals surface area contributed by atoms with Gasteiger partial charge in [0.2, 0.25) is 5.91 Å². The van der Waals surface area contributed by atoms with Crippen LogP contribution in [0, 0.1) is 11.6 Å². The minimum absolute atomic E-state index is 0.0287. The highest BCUT2D eigenvalue weighted by Gasteiger charge is 2.10. The van der Waals surface area contributed by atoms with E-state index in [2.05, 4.69) is 10.3 Å². The summed E-state index contributed by atoms with van der Waals surface area (Å²) in [7, 11) is 0. The van der Waals surface area contributed by atoms with E-state index in [1.54, 1.807) is 6.20 Å². The van der Waals surface area contributed by atoms with Crippen molar-refractivity contribution in [1.29, 1.82) is 0 Å². The average molecular weight is 325 g/mol. The highest BCUT2D eigenvalue weighted by atomic mass is 32.1. The van der Waals surface area contributed by atoms with E-state index < -0.39 is 11.6 Å². The maximum atomic E-state index is 13.6. The van der Waals surface area contributed by atoms with Crippen LogP contribution >= 0.6 is 11.3 Å². The molecule has 0 spiro atoms. The summed E-state index contributed by atoms with van der Waals surface area (Å²) in [5, 5.41) is 3.15. The number of carbonyl (C=O) groups excluding carboxylic acids is 1. The summed E-state index contributed by atoms with van der Waals surface area (Å²) in [6.45, 7) is 1.84. The Morgan fingerprint density at radius 1 is 1.45 bits per heavy atom. The summed E-state index contributed by atoms with van der Waals surface area (Å²) in [6, 6.07) is 3.45. The van der Waals surface area contributed by atoms with Crippen LogP contribution < -0.4 is 11.1 Å². The normalized spacial score (nSPS) is 12.2. The SMILES string of the molecule is CC(N)CCC(=O)Nc1ncc(Cc2ccc(F)cc2F)s1. The molecule has 0 saturated carbocycles. The quantitative estimate of drug-likeness (QED) is 0.857. The van der Waals surface area contributed by atoms with Gasteiger partial charge in [0.25, 0.3) is 0 Å². The number of nitrogens with two attached hydrogens (primary N) is 1. The first-order valence-corrected chi connectivity index (χ1v) is 7.69. The molecule has 1 aromatic carbocycles. The van der Waals surface area contributed by atoms with Gasteiger partial charge in [-0.25, -0.2) is 13.8 Å². The first-order valence-electron chi connectivity index (χ1n) is 6.88.